The van der Waals surface area contributed by atoms with Crippen LogP contribution in [-0.4, -0.2) is 16.0 Å². The molecule has 0 unspecified atom stereocenters. The van der Waals surface area contributed by atoms with E-state index in [0.29, 0.717) is 17.1 Å². The zero-order chi connectivity index (χ0) is 14.5. The molecular formula is C13H15ClN4OS. The third-order valence-electron chi connectivity index (χ3n) is 2.74. The average molecular weight is 311 g/mol. The number of halogens is 1. The molecule has 2 aromatic rings. The highest BCUT2D eigenvalue weighted by atomic mass is 35.5. The summed E-state index contributed by atoms with van der Waals surface area (Å²) in [7, 11) is 0. The summed E-state index contributed by atoms with van der Waals surface area (Å²) >= 11 is 7.84. The first kappa shape index (κ1) is 14.8. The Morgan fingerprint density at radius 1 is 1.50 bits per heavy atom. The van der Waals surface area contributed by atoms with Crippen molar-refractivity contribution in [3.05, 3.63) is 50.4 Å². The van der Waals surface area contributed by atoms with Crippen LogP contribution in [0.15, 0.2) is 29.6 Å². The fraction of sp³-hybridized carbons (Fsp3) is 0.231. The number of nitrogens with one attached hydrogen (secondary N) is 1. The average Bonchev–Trinajstić information content (AvgIpc) is 2.85. The van der Waals surface area contributed by atoms with E-state index < -0.39 is 0 Å². The van der Waals surface area contributed by atoms with Crippen LogP contribution in [-0.2, 0) is 13.1 Å². The molecule has 0 aliphatic heterocycles. The van der Waals surface area contributed by atoms with Gasteiger partial charge in [0.2, 0.25) is 0 Å². The lowest BCUT2D eigenvalue weighted by molar-refractivity contribution is 0.318. The Balaban J connectivity index is 1.96. The fourth-order valence-corrected chi connectivity index (χ4v) is 2.73. The van der Waals surface area contributed by atoms with Crippen molar-refractivity contribution in [2.75, 3.05) is 0 Å². The Labute approximate surface area is 126 Å². The molecule has 0 bridgehead atoms. The van der Waals surface area contributed by atoms with Crippen LogP contribution in [0.4, 0.5) is 0 Å². The maximum absolute atomic E-state index is 8.62. The van der Waals surface area contributed by atoms with Crippen LogP contribution < -0.4 is 11.1 Å². The summed E-state index contributed by atoms with van der Waals surface area (Å²) < 4.78 is 0. The number of thiazole rings is 1. The van der Waals surface area contributed by atoms with Gasteiger partial charge in [0.1, 0.15) is 0 Å². The lowest BCUT2D eigenvalue weighted by Crippen LogP contribution is -2.15. The first-order chi connectivity index (χ1) is 9.60. The molecule has 4 N–H and O–H groups in total. The largest absolute Gasteiger partial charge is 0.409 e. The van der Waals surface area contributed by atoms with Gasteiger partial charge in [-0.2, -0.15) is 0 Å². The molecule has 0 saturated carbocycles. The third kappa shape index (κ3) is 3.69. The van der Waals surface area contributed by atoms with E-state index in [2.05, 4.69) is 15.5 Å². The molecule has 0 atom stereocenters. The van der Waals surface area contributed by atoms with E-state index in [9.17, 15) is 0 Å². The SMILES string of the molecule is Cc1ncc(CNCc2ccc(/C(N)=N/O)cc2Cl)s1. The van der Waals surface area contributed by atoms with Gasteiger partial charge in [0, 0.05) is 34.7 Å². The molecule has 0 aliphatic rings. The van der Waals surface area contributed by atoms with Crippen LogP contribution in [0.3, 0.4) is 0 Å². The van der Waals surface area contributed by atoms with Crippen LogP contribution in [0, 0.1) is 6.92 Å². The molecule has 2 rings (SSSR count). The summed E-state index contributed by atoms with van der Waals surface area (Å²) in [6.45, 7) is 3.38. The smallest absolute Gasteiger partial charge is 0.170 e. The number of amidine groups is 1. The standard InChI is InChI=1S/C13H15ClN4OS/c1-8-17-7-11(20-8)6-16-5-10-3-2-9(4-12(10)14)13(15)18-19/h2-4,7,16,19H,5-6H2,1H3,(H2,15,18). The van der Waals surface area contributed by atoms with Gasteiger partial charge in [-0.1, -0.05) is 28.9 Å². The molecule has 20 heavy (non-hydrogen) atoms. The van der Waals surface area contributed by atoms with Crippen molar-refractivity contribution < 1.29 is 5.21 Å². The summed E-state index contributed by atoms with van der Waals surface area (Å²) in [5.74, 6) is 0.0477. The predicted molar refractivity (Wildman–Crippen MR) is 81.4 cm³/mol. The minimum atomic E-state index is 0.0477. The van der Waals surface area contributed by atoms with Gasteiger partial charge in [-0.3, -0.25) is 0 Å². The number of aromatic nitrogens is 1. The van der Waals surface area contributed by atoms with Gasteiger partial charge < -0.3 is 16.3 Å². The zero-order valence-corrected chi connectivity index (χ0v) is 12.5. The second-order valence-electron chi connectivity index (χ2n) is 4.24. The molecule has 0 amide bonds. The molecule has 0 fully saturated rings. The summed E-state index contributed by atoms with van der Waals surface area (Å²) in [5, 5.41) is 16.5. The molecule has 5 nitrogen and oxygen atoms in total. The molecule has 0 spiro atoms. The molecule has 0 radical (unpaired) electrons. The molecule has 0 aliphatic carbocycles. The van der Waals surface area contributed by atoms with E-state index in [0.717, 1.165) is 17.1 Å². The highest BCUT2D eigenvalue weighted by Crippen LogP contribution is 2.18. The van der Waals surface area contributed by atoms with Crippen LogP contribution in [0.1, 0.15) is 21.0 Å². The van der Waals surface area contributed by atoms with Crippen LogP contribution in [0.25, 0.3) is 0 Å². The lowest BCUT2D eigenvalue weighted by Gasteiger charge is -2.07. The van der Waals surface area contributed by atoms with Crippen molar-refractivity contribution in [1.29, 1.82) is 0 Å². The zero-order valence-electron chi connectivity index (χ0n) is 10.9. The minimum Gasteiger partial charge on any atom is -0.409 e. The topological polar surface area (TPSA) is 83.5 Å². The van der Waals surface area contributed by atoms with Gasteiger partial charge in [0.15, 0.2) is 5.84 Å². The Bertz CT molecular complexity index is 627. The summed E-state index contributed by atoms with van der Waals surface area (Å²) in [6, 6.07) is 5.32. The minimum absolute atomic E-state index is 0.0477. The first-order valence-electron chi connectivity index (χ1n) is 5.98. The van der Waals surface area contributed by atoms with E-state index in [-0.39, 0.29) is 5.84 Å². The quantitative estimate of drug-likeness (QED) is 0.343. The molecule has 7 heteroatoms. The Kier molecular flexibility index (Phi) is 4.94. The summed E-state index contributed by atoms with van der Waals surface area (Å²) in [5.41, 5.74) is 7.07. The number of benzene rings is 1. The number of oxime groups is 1. The second-order valence-corrected chi connectivity index (χ2v) is 5.97. The fourth-order valence-electron chi connectivity index (χ4n) is 1.72. The van der Waals surface area contributed by atoms with E-state index in [1.807, 2.05) is 19.2 Å². The van der Waals surface area contributed by atoms with Crippen LogP contribution in [0.5, 0.6) is 0 Å². The first-order valence-corrected chi connectivity index (χ1v) is 7.18. The van der Waals surface area contributed by atoms with E-state index in [4.69, 9.17) is 22.5 Å². The number of hydrogen-bond donors (Lipinski definition) is 3. The van der Waals surface area contributed by atoms with E-state index in [1.54, 1.807) is 23.5 Å². The van der Waals surface area contributed by atoms with Gasteiger partial charge in [0.25, 0.3) is 0 Å². The monoisotopic (exact) mass is 310 g/mol. The lowest BCUT2D eigenvalue weighted by atomic mass is 10.1. The van der Waals surface area contributed by atoms with Crippen molar-refractivity contribution in [3.63, 3.8) is 0 Å². The van der Waals surface area contributed by atoms with Gasteiger partial charge in [0.05, 0.1) is 5.01 Å². The maximum Gasteiger partial charge on any atom is 0.170 e. The van der Waals surface area contributed by atoms with E-state index >= 15 is 0 Å². The predicted octanol–water partition coefficient (Wildman–Crippen LogP) is 2.49. The molecule has 106 valence electrons. The van der Waals surface area contributed by atoms with Gasteiger partial charge in [-0.05, 0) is 18.6 Å². The normalized spacial score (nSPS) is 11.8. The van der Waals surface area contributed by atoms with E-state index in [1.165, 1.54) is 4.88 Å². The molecular weight excluding hydrogens is 296 g/mol. The summed E-state index contributed by atoms with van der Waals surface area (Å²) in [4.78, 5) is 5.39. The Hall–Kier alpha value is -1.63. The molecule has 0 saturated heterocycles. The van der Waals surface area contributed by atoms with Gasteiger partial charge >= 0.3 is 0 Å². The molecule has 1 aromatic heterocycles. The number of hydrogen-bond acceptors (Lipinski definition) is 5. The number of nitrogens with zero attached hydrogens (tertiary/aromatic N) is 2. The van der Waals surface area contributed by atoms with Gasteiger partial charge in [-0.25, -0.2) is 4.98 Å². The highest BCUT2D eigenvalue weighted by molar-refractivity contribution is 7.11. The van der Waals surface area contributed by atoms with Crippen molar-refractivity contribution in [2.45, 2.75) is 20.0 Å². The van der Waals surface area contributed by atoms with Gasteiger partial charge in [-0.15, -0.1) is 11.3 Å². The number of rotatable bonds is 5. The Morgan fingerprint density at radius 2 is 2.30 bits per heavy atom. The summed E-state index contributed by atoms with van der Waals surface area (Å²) in [6.07, 6.45) is 1.87. The molecule has 1 aromatic carbocycles. The van der Waals surface area contributed by atoms with Crippen molar-refractivity contribution in [1.82, 2.24) is 10.3 Å². The molecule has 1 heterocycles. The maximum atomic E-state index is 8.62. The van der Waals surface area contributed by atoms with Crippen molar-refractivity contribution >= 4 is 28.8 Å². The number of aryl methyl sites for hydroxylation is 1. The van der Waals surface area contributed by atoms with Crippen molar-refractivity contribution in [3.8, 4) is 0 Å². The Morgan fingerprint density at radius 3 is 2.90 bits per heavy atom. The highest BCUT2D eigenvalue weighted by Gasteiger charge is 2.05. The number of nitrogens with two attached hydrogens (primary N) is 1. The van der Waals surface area contributed by atoms with Crippen molar-refractivity contribution in [2.24, 2.45) is 10.9 Å². The van der Waals surface area contributed by atoms with Crippen LogP contribution >= 0.6 is 22.9 Å². The second kappa shape index (κ2) is 6.69. The van der Waals surface area contributed by atoms with Crippen LogP contribution in [0.2, 0.25) is 5.02 Å². The third-order valence-corrected chi connectivity index (χ3v) is 4.00.